The molecule has 3 rings (SSSR count). The highest BCUT2D eigenvalue weighted by Gasteiger charge is 2.60. The lowest BCUT2D eigenvalue weighted by atomic mass is 9.70. The molecule has 1 amide bonds. The highest BCUT2D eigenvalue weighted by atomic mass is 35.5. The smallest absolute Gasteiger partial charge is 0.255 e. The van der Waals surface area contributed by atoms with Crippen molar-refractivity contribution in [2.24, 2.45) is 0 Å². The van der Waals surface area contributed by atoms with Gasteiger partial charge in [-0.25, -0.2) is 8.42 Å². The van der Waals surface area contributed by atoms with Crippen LogP contribution in [0.4, 0.5) is 5.69 Å². The number of nitrogens with one attached hydrogen (secondary N) is 1. The number of nitrogens with two attached hydrogens (primary N) is 2. The molecule has 1 spiro atoms. The quantitative estimate of drug-likeness (QED) is 0.446. The predicted octanol–water partition coefficient (Wildman–Crippen LogP) is 0.443. The normalized spacial score (nSPS) is 22.8. The number of halogens is 1. The molecule has 11 heteroatoms. The minimum absolute atomic E-state index is 0.0173. The summed E-state index contributed by atoms with van der Waals surface area (Å²) >= 11 is 6.08. The first kappa shape index (κ1) is 23.7. The van der Waals surface area contributed by atoms with E-state index in [9.17, 15) is 4.79 Å². The van der Waals surface area contributed by atoms with Crippen LogP contribution >= 0.6 is 11.6 Å². The van der Waals surface area contributed by atoms with E-state index < -0.39 is 10.1 Å². The van der Waals surface area contributed by atoms with Gasteiger partial charge < -0.3 is 30.4 Å². The van der Waals surface area contributed by atoms with Gasteiger partial charge in [0.25, 0.3) is 5.91 Å². The Morgan fingerprint density at radius 1 is 1.31 bits per heavy atom. The maximum absolute atomic E-state index is 12.8. The fraction of sp³-hybridized carbons (Fsp3) is 0.611. The monoisotopic (exact) mass is 449 g/mol. The molecular formula is C18H28ClN3O6S. The zero-order valence-electron chi connectivity index (χ0n) is 16.7. The molecule has 2 aliphatic rings. The molecule has 0 radical (unpaired) electrons. The Labute approximate surface area is 176 Å². The second kappa shape index (κ2) is 9.48. The average Bonchev–Trinajstić information content (AvgIpc) is 2.65. The molecule has 0 bridgehead atoms. The van der Waals surface area contributed by atoms with Gasteiger partial charge in [-0.2, -0.15) is 0 Å². The Balaban J connectivity index is 0.000000537. The standard InChI is InChI=1S/C17H24ClN3O3.CH4O3S/c1-23-13-9-12(19)11(18)8-10(13)15(22)20-14-16(24-2)21-17(14)6-4-3-5-7-17;1-5(2,3)4/h8-9,14,16,21H,3-7,19H2,1-2H3,(H,20,22);1H3,(H,2,3,4)/t14-,16+;/m1./s1. The zero-order valence-corrected chi connectivity index (χ0v) is 18.3. The van der Waals surface area contributed by atoms with Crippen molar-refractivity contribution in [1.29, 1.82) is 0 Å². The molecule has 29 heavy (non-hydrogen) atoms. The van der Waals surface area contributed by atoms with E-state index in [1.54, 1.807) is 19.2 Å². The van der Waals surface area contributed by atoms with Gasteiger partial charge in [0.2, 0.25) is 6.23 Å². The lowest BCUT2D eigenvalue weighted by Crippen LogP contribution is -3.17. The number of methoxy groups -OCH3 is 2. The highest BCUT2D eigenvalue weighted by Crippen LogP contribution is 2.34. The van der Waals surface area contributed by atoms with Crippen molar-refractivity contribution in [2.75, 3.05) is 26.2 Å². The Morgan fingerprint density at radius 2 is 1.90 bits per heavy atom. The van der Waals surface area contributed by atoms with Crippen molar-refractivity contribution in [2.45, 2.75) is 49.9 Å². The van der Waals surface area contributed by atoms with Crippen LogP contribution in [0.1, 0.15) is 42.5 Å². The van der Waals surface area contributed by atoms with Gasteiger partial charge in [-0.15, -0.1) is 0 Å². The van der Waals surface area contributed by atoms with Crippen molar-refractivity contribution >= 4 is 33.3 Å². The van der Waals surface area contributed by atoms with Crippen LogP contribution in [0.15, 0.2) is 12.1 Å². The summed E-state index contributed by atoms with van der Waals surface area (Å²) in [5.41, 5.74) is 6.63. The van der Waals surface area contributed by atoms with Gasteiger partial charge in [0.05, 0.1) is 33.5 Å². The number of amides is 1. The SMILES string of the molecule is COc1cc(N)c(Cl)cc1C(=O)N[C@@H]1[C@H](OC)[NH2+]C12CCCCC2.CS(=O)(=O)[O-]. The lowest BCUT2D eigenvalue weighted by Gasteiger charge is -2.52. The maximum Gasteiger partial charge on any atom is 0.255 e. The van der Waals surface area contributed by atoms with Gasteiger partial charge in [-0.3, -0.25) is 4.79 Å². The largest absolute Gasteiger partial charge is 0.748 e. The first-order valence-corrected chi connectivity index (χ1v) is 11.4. The zero-order chi connectivity index (χ0) is 21.8. The average molecular weight is 450 g/mol. The second-order valence-corrected chi connectivity index (χ2v) is 9.21. The number of hydrogen-bond acceptors (Lipinski definition) is 7. The molecule has 1 saturated carbocycles. The van der Waals surface area contributed by atoms with Gasteiger partial charge in [-0.1, -0.05) is 18.0 Å². The first-order valence-electron chi connectivity index (χ1n) is 9.24. The summed E-state index contributed by atoms with van der Waals surface area (Å²) in [5, 5.41) is 5.74. The van der Waals surface area contributed by atoms with Crippen molar-refractivity contribution in [3.8, 4) is 5.75 Å². The Hall–Kier alpha value is -1.59. The van der Waals surface area contributed by atoms with Gasteiger partial charge in [0.1, 0.15) is 11.3 Å². The molecular weight excluding hydrogens is 422 g/mol. The predicted molar refractivity (Wildman–Crippen MR) is 108 cm³/mol. The van der Waals surface area contributed by atoms with Crippen LogP contribution in [-0.2, 0) is 14.9 Å². The fourth-order valence-corrected chi connectivity index (χ4v) is 4.15. The van der Waals surface area contributed by atoms with E-state index in [-0.39, 0.29) is 23.7 Å². The molecule has 1 heterocycles. The molecule has 0 unspecified atom stereocenters. The van der Waals surface area contributed by atoms with Gasteiger partial charge in [-0.05, 0) is 18.9 Å². The topological polar surface area (TPSA) is 147 Å². The number of ether oxygens (including phenoxy) is 2. The number of benzene rings is 1. The van der Waals surface area contributed by atoms with Gasteiger partial charge in [0.15, 0.2) is 6.04 Å². The van der Waals surface area contributed by atoms with Crippen molar-refractivity contribution in [3.05, 3.63) is 22.7 Å². The molecule has 1 aliphatic heterocycles. The van der Waals surface area contributed by atoms with Gasteiger partial charge in [0, 0.05) is 32.3 Å². The lowest BCUT2D eigenvalue weighted by molar-refractivity contribution is -0.855. The van der Waals surface area contributed by atoms with Crippen LogP contribution in [0.3, 0.4) is 0 Å². The minimum Gasteiger partial charge on any atom is -0.748 e. The number of nitrogen functional groups attached to an aromatic ring is 1. The maximum atomic E-state index is 12.8. The minimum atomic E-state index is -3.92. The van der Waals surface area contributed by atoms with E-state index in [4.69, 9.17) is 39.8 Å². The molecule has 1 saturated heterocycles. The van der Waals surface area contributed by atoms with Gasteiger partial charge >= 0.3 is 0 Å². The summed E-state index contributed by atoms with van der Waals surface area (Å²) in [5.74, 6) is 0.211. The number of carbonyl (C=O) groups is 1. The van der Waals surface area contributed by atoms with E-state index in [0.29, 0.717) is 28.3 Å². The Morgan fingerprint density at radius 3 is 2.41 bits per heavy atom. The third kappa shape index (κ3) is 5.95. The van der Waals surface area contributed by atoms with Crippen LogP contribution in [-0.4, -0.2) is 57.2 Å². The first-order chi connectivity index (χ1) is 13.5. The molecule has 1 aliphatic carbocycles. The molecule has 2 atom stereocenters. The molecule has 2 fully saturated rings. The molecule has 164 valence electrons. The van der Waals surface area contributed by atoms with E-state index in [1.165, 1.54) is 26.4 Å². The van der Waals surface area contributed by atoms with E-state index in [1.807, 2.05) is 0 Å². The summed E-state index contributed by atoms with van der Waals surface area (Å²) in [4.78, 5) is 12.8. The summed E-state index contributed by atoms with van der Waals surface area (Å²) in [6, 6.07) is 3.12. The highest BCUT2D eigenvalue weighted by molar-refractivity contribution is 7.84. The van der Waals surface area contributed by atoms with E-state index in [0.717, 1.165) is 12.8 Å². The number of hydrogen-bond donors (Lipinski definition) is 3. The number of quaternary nitrogens is 1. The third-order valence-corrected chi connectivity index (χ3v) is 5.68. The van der Waals surface area contributed by atoms with Crippen LogP contribution < -0.4 is 21.1 Å². The van der Waals surface area contributed by atoms with Crippen LogP contribution in [0.5, 0.6) is 5.75 Å². The Kier molecular flexibility index (Phi) is 7.74. The Bertz CT molecular complexity index is 834. The van der Waals surface area contributed by atoms with Crippen LogP contribution in [0, 0.1) is 0 Å². The third-order valence-electron chi connectivity index (χ3n) is 5.35. The van der Waals surface area contributed by atoms with E-state index in [2.05, 4.69) is 10.6 Å². The van der Waals surface area contributed by atoms with Crippen molar-refractivity contribution < 1.29 is 32.6 Å². The molecule has 1 aromatic rings. The van der Waals surface area contributed by atoms with E-state index >= 15 is 0 Å². The summed E-state index contributed by atoms with van der Waals surface area (Å²) in [7, 11) is -0.728. The van der Waals surface area contributed by atoms with Crippen LogP contribution in [0.25, 0.3) is 0 Å². The van der Waals surface area contributed by atoms with Crippen molar-refractivity contribution in [3.63, 3.8) is 0 Å². The summed E-state index contributed by atoms with van der Waals surface area (Å²) < 4.78 is 38.0. The molecule has 9 nitrogen and oxygen atoms in total. The number of carbonyl (C=O) groups excluding carboxylic acids is 1. The second-order valence-electron chi connectivity index (χ2n) is 7.39. The molecule has 5 N–H and O–H groups in total. The van der Waals surface area contributed by atoms with Crippen LogP contribution in [0.2, 0.25) is 5.02 Å². The fourth-order valence-electron chi connectivity index (χ4n) is 3.99. The number of anilines is 1. The molecule has 1 aromatic carbocycles. The molecule has 0 aromatic heterocycles. The summed E-state index contributed by atoms with van der Waals surface area (Å²) in [6.45, 7) is 0. The summed E-state index contributed by atoms with van der Waals surface area (Å²) in [6.07, 6.45) is 6.38. The van der Waals surface area contributed by atoms with Crippen molar-refractivity contribution in [1.82, 2.24) is 5.32 Å². The number of rotatable bonds is 4.